The quantitative estimate of drug-likeness (QED) is 0.825. The molecule has 2 aromatic carbocycles. The first-order valence-corrected chi connectivity index (χ1v) is 7.53. The molecule has 2 nitrogen and oxygen atoms in total. The van der Waals surface area contributed by atoms with Crippen molar-refractivity contribution in [2.24, 2.45) is 0 Å². The number of para-hydroxylation sites is 1. The van der Waals surface area contributed by atoms with Gasteiger partial charge in [0.2, 0.25) is 5.91 Å². The van der Waals surface area contributed by atoms with Crippen LogP contribution in [0.15, 0.2) is 36.4 Å². The minimum atomic E-state index is -0.0154. The van der Waals surface area contributed by atoms with E-state index >= 15 is 0 Å². The van der Waals surface area contributed by atoms with Crippen molar-refractivity contribution >= 4 is 34.8 Å². The summed E-state index contributed by atoms with van der Waals surface area (Å²) in [6, 6.07) is 11.3. The van der Waals surface area contributed by atoms with Crippen LogP contribution in [0.2, 0.25) is 10.0 Å². The van der Waals surface area contributed by atoms with Gasteiger partial charge in [0.25, 0.3) is 0 Å². The van der Waals surface area contributed by atoms with Gasteiger partial charge in [-0.1, -0.05) is 47.5 Å². The number of hydrogen-bond acceptors (Lipinski definition) is 1. The summed E-state index contributed by atoms with van der Waals surface area (Å²) in [6.45, 7) is 3.97. The van der Waals surface area contributed by atoms with E-state index in [2.05, 4.69) is 5.32 Å². The number of halogens is 2. The van der Waals surface area contributed by atoms with E-state index < -0.39 is 0 Å². The topological polar surface area (TPSA) is 29.1 Å². The molecule has 0 aromatic heterocycles. The second kappa shape index (κ2) is 6.97. The van der Waals surface area contributed by atoms with Crippen LogP contribution < -0.4 is 5.32 Å². The standard InChI is InChI=1S/C17H17Cl2NO/c1-11-4-3-5-12(2)17(11)20-16(21)9-7-13-6-8-14(18)10-15(13)19/h3-6,8,10H,7,9H2,1-2H3,(H,20,21). The Morgan fingerprint density at radius 1 is 1.10 bits per heavy atom. The third kappa shape index (κ3) is 4.23. The molecule has 0 saturated heterocycles. The summed E-state index contributed by atoms with van der Waals surface area (Å²) in [5, 5.41) is 4.17. The number of rotatable bonds is 4. The number of benzene rings is 2. The zero-order chi connectivity index (χ0) is 15.4. The van der Waals surface area contributed by atoms with Crippen LogP contribution in [0.3, 0.4) is 0 Å². The van der Waals surface area contributed by atoms with E-state index in [9.17, 15) is 4.79 Å². The highest BCUT2D eigenvalue weighted by molar-refractivity contribution is 6.35. The molecule has 0 bridgehead atoms. The molecule has 0 aliphatic rings. The van der Waals surface area contributed by atoms with Crippen molar-refractivity contribution in [3.8, 4) is 0 Å². The van der Waals surface area contributed by atoms with E-state index in [1.165, 1.54) is 0 Å². The zero-order valence-electron chi connectivity index (χ0n) is 12.0. The van der Waals surface area contributed by atoms with Crippen molar-refractivity contribution in [1.82, 2.24) is 0 Å². The fourth-order valence-electron chi connectivity index (χ4n) is 2.19. The predicted octanol–water partition coefficient (Wildman–Crippen LogP) is 5.18. The van der Waals surface area contributed by atoms with Crippen LogP contribution >= 0.6 is 23.2 Å². The van der Waals surface area contributed by atoms with Crippen molar-refractivity contribution in [1.29, 1.82) is 0 Å². The van der Waals surface area contributed by atoms with Crippen LogP contribution in [0.25, 0.3) is 0 Å². The Morgan fingerprint density at radius 2 is 1.76 bits per heavy atom. The highest BCUT2D eigenvalue weighted by atomic mass is 35.5. The molecule has 1 amide bonds. The first-order valence-electron chi connectivity index (χ1n) is 6.77. The highest BCUT2D eigenvalue weighted by Gasteiger charge is 2.09. The number of carbonyl (C=O) groups excluding carboxylic acids is 1. The molecule has 0 spiro atoms. The summed E-state index contributed by atoms with van der Waals surface area (Å²) in [5.41, 5.74) is 3.95. The van der Waals surface area contributed by atoms with Crippen LogP contribution in [0, 0.1) is 13.8 Å². The van der Waals surface area contributed by atoms with Gasteiger partial charge >= 0.3 is 0 Å². The normalized spacial score (nSPS) is 10.5. The first kappa shape index (κ1) is 15.9. The number of carbonyl (C=O) groups is 1. The lowest BCUT2D eigenvalue weighted by molar-refractivity contribution is -0.116. The molecule has 0 unspecified atom stereocenters. The van der Waals surface area contributed by atoms with Gasteiger partial charge in [-0.15, -0.1) is 0 Å². The smallest absolute Gasteiger partial charge is 0.224 e. The molecule has 0 aliphatic heterocycles. The third-order valence-corrected chi connectivity index (χ3v) is 3.97. The lowest BCUT2D eigenvalue weighted by atomic mass is 10.1. The van der Waals surface area contributed by atoms with Gasteiger partial charge in [-0.05, 0) is 49.1 Å². The summed E-state index contributed by atoms with van der Waals surface area (Å²) >= 11 is 12.0. The maximum atomic E-state index is 12.1. The van der Waals surface area contributed by atoms with Crippen LogP contribution in [-0.2, 0) is 11.2 Å². The molecule has 21 heavy (non-hydrogen) atoms. The number of hydrogen-bond donors (Lipinski definition) is 1. The largest absolute Gasteiger partial charge is 0.326 e. The van der Waals surface area contributed by atoms with Gasteiger partial charge in [0.15, 0.2) is 0 Å². The van der Waals surface area contributed by atoms with Crippen molar-refractivity contribution in [2.45, 2.75) is 26.7 Å². The second-order valence-corrected chi connectivity index (χ2v) is 5.89. The maximum absolute atomic E-state index is 12.1. The van der Waals surface area contributed by atoms with E-state index in [-0.39, 0.29) is 5.91 Å². The Hall–Kier alpha value is -1.51. The van der Waals surface area contributed by atoms with Crippen LogP contribution in [-0.4, -0.2) is 5.91 Å². The molecule has 0 radical (unpaired) electrons. The van der Waals surface area contributed by atoms with Crippen LogP contribution in [0.5, 0.6) is 0 Å². The SMILES string of the molecule is Cc1cccc(C)c1NC(=O)CCc1ccc(Cl)cc1Cl. The fourth-order valence-corrected chi connectivity index (χ4v) is 2.69. The van der Waals surface area contributed by atoms with Crippen molar-refractivity contribution < 1.29 is 4.79 Å². The summed E-state index contributed by atoms with van der Waals surface area (Å²) in [5.74, 6) is -0.0154. The summed E-state index contributed by atoms with van der Waals surface area (Å²) in [7, 11) is 0. The van der Waals surface area contributed by atoms with Crippen molar-refractivity contribution in [3.63, 3.8) is 0 Å². The Balaban J connectivity index is 1.99. The lowest BCUT2D eigenvalue weighted by Crippen LogP contribution is -2.14. The first-order chi connectivity index (χ1) is 9.97. The molecule has 0 aliphatic carbocycles. The molecule has 0 fully saturated rings. The molecule has 4 heteroatoms. The van der Waals surface area contributed by atoms with Gasteiger partial charge < -0.3 is 5.32 Å². The van der Waals surface area contributed by atoms with Gasteiger partial charge in [0.05, 0.1) is 0 Å². The van der Waals surface area contributed by atoms with Crippen molar-refractivity contribution in [3.05, 3.63) is 63.1 Å². The molecule has 2 rings (SSSR count). The van der Waals surface area contributed by atoms with E-state index in [0.717, 1.165) is 22.4 Å². The minimum Gasteiger partial charge on any atom is -0.326 e. The average Bonchev–Trinajstić information content (AvgIpc) is 2.42. The Morgan fingerprint density at radius 3 is 2.38 bits per heavy atom. The number of aryl methyl sites for hydroxylation is 3. The summed E-state index contributed by atoms with van der Waals surface area (Å²) in [6.07, 6.45) is 0.974. The highest BCUT2D eigenvalue weighted by Crippen LogP contribution is 2.23. The molecule has 0 heterocycles. The monoisotopic (exact) mass is 321 g/mol. The molecule has 0 atom stereocenters. The Labute approximate surface area is 135 Å². The molecule has 1 N–H and O–H groups in total. The van der Waals surface area contributed by atoms with E-state index in [1.54, 1.807) is 12.1 Å². The predicted molar refractivity (Wildman–Crippen MR) is 89.3 cm³/mol. The zero-order valence-corrected chi connectivity index (χ0v) is 13.6. The van der Waals surface area contributed by atoms with E-state index in [4.69, 9.17) is 23.2 Å². The Bertz CT molecular complexity index is 648. The Kier molecular flexibility index (Phi) is 5.27. The molecule has 0 saturated carbocycles. The molecular weight excluding hydrogens is 305 g/mol. The lowest BCUT2D eigenvalue weighted by Gasteiger charge is -2.11. The molecule has 2 aromatic rings. The molecule has 110 valence electrons. The van der Waals surface area contributed by atoms with E-state index in [0.29, 0.717) is 22.9 Å². The van der Waals surface area contributed by atoms with Gasteiger partial charge in [-0.25, -0.2) is 0 Å². The van der Waals surface area contributed by atoms with Crippen LogP contribution in [0.4, 0.5) is 5.69 Å². The second-order valence-electron chi connectivity index (χ2n) is 5.05. The number of amides is 1. The van der Waals surface area contributed by atoms with Gasteiger partial charge in [0.1, 0.15) is 0 Å². The number of anilines is 1. The van der Waals surface area contributed by atoms with E-state index in [1.807, 2.05) is 38.1 Å². The number of nitrogens with one attached hydrogen (secondary N) is 1. The van der Waals surface area contributed by atoms with Gasteiger partial charge in [-0.2, -0.15) is 0 Å². The minimum absolute atomic E-state index is 0.0154. The van der Waals surface area contributed by atoms with Gasteiger partial charge in [-0.3, -0.25) is 4.79 Å². The van der Waals surface area contributed by atoms with Crippen LogP contribution in [0.1, 0.15) is 23.1 Å². The fraction of sp³-hybridized carbons (Fsp3) is 0.235. The summed E-state index contributed by atoms with van der Waals surface area (Å²) in [4.78, 5) is 12.1. The maximum Gasteiger partial charge on any atom is 0.224 e. The summed E-state index contributed by atoms with van der Waals surface area (Å²) < 4.78 is 0. The molecular formula is C17H17Cl2NO. The third-order valence-electron chi connectivity index (χ3n) is 3.38. The van der Waals surface area contributed by atoms with Crippen molar-refractivity contribution in [2.75, 3.05) is 5.32 Å². The van der Waals surface area contributed by atoms with Gasteiger partial charge in [0, 0.05) is 22.2 Å². The average molecular weight is 322 g/mol.